The van der Waals surface area contributed by atoms with Gasteiger partial charge in [-0.1, -0.05) is 36.4 Å². The highest BCUT2D eigenvalue weighted by Gasteiger charge is 2.34. The third-order valence-electron chi connectivity index (χ3n) is 5.71. The summed E-state index contributed by atoms with van der Waals surface area (Å²) in [6.45, 7) is 9.96. The highest BCUT2D eigenvalue weighted by atomic mass is 19.4. The molecule has 11 nitrogen and oxygen atoms in total. The maximum atomic E-state index is 13.9. The summed E-state index contributed by atoms with van der Waals surface area (Å²) in [7, 11) is 0. The average Bonchev–Trinajstić information content (AvgIpc) is 2.95. The molecule has 0 aliphatic heterocycles. The number of carbonyl (C=O) groups excluding carboxylic acids is 5. The van der Waals surface area contributed by atoms with Crippen molar-refractivity contribution < 1.29 is 51.4 Å². The Hall–Kier alpha value is -5.49. The number of alkyl halides is 3. The van der Waals surface area contributed by atoms with Crippen molar-refractivity contribution in [1.82, 2.24) is 10.6 Å². The predicted molar refractivity (Wildman–Crippen MR) is 168 cm³/mol. The van der Waals surface area contributed by atoms with Gasteiger partial charge in [0.15, 0.2) is 0 Å². The van der Waals surface area contributed by atoms with Crippen LogP contribution in [0.5, 0.6) is 5.75 Å². The number of hydrogen-bond acceptors (Lipinski definition) is 9. The van der Waals surface area contributed by atoms with Crippen molar-refractivity contribution >= 4 is 36.0 Å². The highest BCUT2D eigenvalue weighted by Crippen LogP contribution is 2.35. The van der Waals surface area contributed by atoms with Crippen molar-refractivity contribution in [3.63, 3.8) is 0 Å². The van der Waals surface area contributed by atoms with Crippen molar-refractivity contribution in [3.8, 4) is 5.75 Å². The van der Waals surface area contributed by atoms with Crippen LogP contribution in [0.2, 0.25) is 0 Å². The minimum absolute atomic E-state index is 0.0254. The topological polar surface area (TPSA) is 149 Å². The molecule has 3 aromatic carbocycles. The van der Waals surface area contributed by atoms with Gasteiger partial charge in [-0.15, -0.1) is 0 Å². The van der Waals surface area contributed by atoms with Gasteiger partial charge in [-0.05, 0) is 102 Å². The quantitative estimate of drug-likeness (QED) is 0.121. The van der Waals surface area contributed by atoms with E-state index in [1.165, 1.54) is 36.4 Å². The third kappa shape index (κ3) is 14.3. The first-order valence-electron chi connectivity index (χ1n) is 14.4. The summed E-state index contributed by atoms with van der Waals surface area (Å²) in [5, 5.41) is 4.68. The fourth-order valence-electron chi connectivity index (χ4n) is 3.88. The van der Waals surface area contributed by atoms with Crippen molar-refractivity contribution in [2.45, 2.75) is 71.8 Å². The molecule has 0 aliphatic carbocycles. The minimum atomic E-state index is -4.65. The maximum absolute atomic E-state index is 13.9. The maximum Gasteiger partial charge on any atom is 0.416 e. The molecule has 48 heavy (non-hydrogen) atoms. The highest BCUT2D eigenvalue weighted by molar-refractivity contribution is 6.02. The van der Waals surface area contributed by atoms with Crippen molar-refractivity contribution in [1.29, 1.82) is 0 Å². The van der Waals surface area contributed by atoms with E-state index in [4.69, 9.17) is 23.8 Å². The molecule has 14 heteroatoms. The van der Waals surface area contributed by atoms with Crippen LogP contribution in [0, 0.1) is 0 Å². The SMILES string of the molecule is CC(C)(C)OC(=O)NC(=Nc1ccc(C(=O)Oc2ccc(CCc3ccccc3)c(C(F)(F)F)c2)cc1)NC(=O)OC(C)(C)C.O=C=O. The third-order valence-corrected chi connectivity index (χ3v) is 5.71. The van der Waals surface area contributed by atoms with Crippen LogP contribution in [-0.4, -0.2) is 41.5 Å². The molecule has 0 aromatic heterocycles. The molecule has 2 N–H and O–H groups in total. The number of hydrogen-bond donors (Lipinski definition) is 2. The molecule has 0 heterocycles. The van der Waals surface area contributed by atoms with Crippen LogP contribution >= 0.6 is 0 Å². The molecular formula is C34H36F3N3O8. The Balaban J connectivity index is 0.00000257. The van der Waals surface area contributed by atoms with Crippen molar-refractivity contribution in [2.24, 2.45) is 4.99 Å². The van der Waals surface area contributed by atoms with Crippen LogP contribution in [0.25, 0.3) is 0 Å². The fourth-order valence-corrected chi connectivity index (χ4v) is 3.88. The van der Waals surface area contributed by atoms with Crippen LogP contribution in [0.4, 0.5) is 28.4 Å². The summed E-state index contributed by atoms with van der Waals surface area (Å²) in [5.74, 6) is -1.46. The molecule has 0 aliphatic rings. The van der Waals surface area contributed by atoms with Gasteiger partial charge in [0.05, 0.1) is 16.8 Å². The van der Waals surface area contributed by atoms with Gasteiger partial charge in [-0.25, -0.2) is 19.4 Å². The smallest absolute Gasteiger partial charge is 0.416 e. The Morgan fingerprint density at radius 2 is 1.27 bits per heavy atom. The molecule has 2 amide bonds. The standard InChI is InChI=1S/C33H36F3N3O6.CO2/c1-31(2,3)44-29(41)38-28(39-30(42)45-32(4,5)6)37-24-17-14-23(15-18-24)27(40)43-25-19-16-22(26(20-25)33(34,35)36)13-12-21-10-8-7-9-11-21;2-1-3/h7-11,14-20H,12-13H2,1-6H3,(H2,37,38,39,41,42);. The summed E-state index contributed by atoms with van der Waals surface area (Å²) >= 11 is 0. The fraction of sp³-hybridized carbons (Fsp3) is 0.324. The van der Waals surface area contributed by atoms with Gasteiger partial charge in [0, 0.05) is 0 Å². The Bertz CT molecular complexity index is 1590. The molecule has 0 saturated carbocycles. The number of nitrogens with zero attached hydrogens (tertiary/aromatic N) is 1. The van der Waals surface area contributed by atoms with Crippen LogP contribution in [0.1, 0.15) is 68.6 Å². The number of amides is 2. The van der Waals surface area contributed by atoms with E-state index in [0.717, 1.165) is 11.6 Å². The number of guanidine groups is 1. The number of aliphatic imine (C=N–C) groups is 1. The van der Waals surface area contributed by atoms with Gasteiger partial charge in [0.1, 0.15) is 17.0 Å². The number of esters is 1. The van der Waals surface area contributed by atoms with Crippen LogP contribution in [0.3, 0.4) is 0 Å². The number of aryl methyl sites for hydroxylation is 2. The van der Waals surface area contributed by atoms with E-state index in [1.807, 2.05) is 30.3 Å². The van der Waals surface area contributed by atoms with Gasteiger partial charge >= 0.3 is 30.5 Å². The van der Waals surface area contributed by atoms with Gasteiger partial charge in [-0.2, -0.15) is 22.8 Å². The second kappa shape index (κ2) is 16.9. The Kier molecular flexibility index (Phi) is 13.6. The van der Waals surface area contributed by atoms with Crippen molar-refractivity contribution in [3.05, 3.63) is 95.1 Å². The number of benzene rings is 3. The molecule has 0 saturated heterocycles. The zero-order valence-electron chi connectivity index (χ0n) is 27.2. The first kappa shape index (κ1) is 38.7. The number of alkyl carbamates (subject to hydrolysis) is 2. The Morgan fingerprint density at radius 3 is 1.75 bits per heavy atom. The predicted octanol–water partition coefficient (Wildman–Crippen LogP) is 7.16. The summed E-state index contributed by atoms with van der Waals surface area (Å²) in [6.07, 6.45) is -5.60. The largest absolute Gasteiger partial charge is 0.444 e. The van der Waals surface area contributed by atoms with E-state index >= 15 is 0 Å². The molecule has 0 bridgehead atoms. The summed E-state index contributed by atoms with van der Waals surface area (Å²) in [6, 6.07) is 18.0. The lowest BCUT2D eigenvalue weighted by Gasteiger charge is -2.22. The molecule has 256 valence electrons. The zero-order chi connectivity index (χ0) is 36.1. The summed E-state index contributed by atoms with van der Waals surface area (Å²) in [5.41, 5.74) is -1.31. The second-order valence-electron chi connectivity index (χ2n) is 12.0. The van der Waals surface area contributed by atoms with E-state index in [-0.39, 0.29) is 41.1 Å². The van der Waals surface area contributed by atoms with Crippen molar-refractivity contribution in [2.75, 3.05) is 0 Å². The van der Waals surface area contributed by atoms with Crippen LogP contribution in [-0.2, 0) is 38.1 Å². The molecule has 0 spiro atoms. The number of ether oxygens (including phenoxy) is 3. The zero-order valence-corrected chi connectivity index (χ0v) is 27.2. The summed E-state index contributed by atoms with van der Waals surface area (Å²) < 4.78 is 57.3. The van der Waals surface area contributed by atoms with Crippen LogP contribution in [0.15, 0.2) is 77.8 Å². The normalized spacial score (nSPS) is 11.1. The second-order valence-corrected chi connectivity index (χ2v) is 12.0. The minimum Gasteiger partial charge on any atom is -0.444 e. The van der Waals surface area contributed by atoms with E-state index in [1.54, 1.807) is 41.5 Å². The average molecular weight is 672 g/mol. The lowest BCUT2D eigenvalue weighted by Crippen LogP contribution is -2.47. The first-order valence-corrected chi connectivity index (χ1v) is 14.4. The van der Waals surface area contributed by atoms with Crippen LogP contribution < -0.4 is 15.4 Å². The van der Waals surface area contributed by atoms with E-state index in [2.05, 4.69) is 15.6 Å². The Labute approximate surface area is 275 Å². The number of nitrogens with one attached hydrogen (secondary N) is 2. The lowest BCUT2D eigenvalue weighted by molar-refractivity contribution is -0.191. The Morgan fingerprint density at radius 1 is 0.750 bits per heavy atom. The number of rotatable bonds is 6. The molecule has 0 atom stereocenters. The molecule has 0 fully saturated rings. The van der Waals surface area contributed by atoms with E-state index in [9.17, 15) is 27.6 Å². The monoisotopic (exact) mass is 671 g/mol. The molecule has 0 radical (unpaired) electrons. The lowest BCUT2D eigenvalue weighted by atomic mass is 9.99. The van der Waals surface area contributed by atoms with Gasteiger partial charge in [-0.3, -0.25) is 10.6 Å². The van der Waals surface area contributed by atoms with Gasteiger partial charge < -0.3 is 14.2 Å². The number of halogens is 3. The molecular weight excluding hydrogens is 635 g/mol. The van der Waals surface area contributed by atoms with E-state index in [0.29, 0.717) is 6.42 Å². The first-order chi connectivity index (χ1) is 22.3. The molecule has 3 rings (SSSR count). The molecule has 0 unspecified atom stereocenters. The van der Waals surface area contributed by atoms with E-state index < -0.39 is 41.1 Å². The summed E-state index contributed by atoms with van der Waals surface area (Å²) in [4.78, 5) is 57.8. The van der Waals surface area contributed by atoms with Gasteiger partial charge in [0.2, 0.25) is 5.96 Å². The molecule has 3 aromatic rings. The number of carbonyl (C=O) groups is 3. The van der Waals surface area contributed by atoms with Gasteiger partial charge in [0.25, 0.3) is 0 Å².